The van der Waals surface area contributed by atoms with Crippen LogP contribution in [0.4, 0.5) is 4.79 Å². The van der Waals surface area contributed by atoms with Crippen molar-refractivity contribution in [2.75, 3.05) is 6.54 Å². The average Bonchev–Trinajstić information content (AvgIpc) is 3.00. The molecule has 5 rings (SSSR count). The van der Waals surface area contributed by atoms with Crippen LogP contribution in [0.1, 0.15) is 78.6 Å². The van der Waals surface area contributed by atoms with E-state index in [-0.39, 0.29) is 24.1 Å². The van der Waals surface area contributed by atoms with E-state index in [1.54, 1.807) is 0 Å². The zero-order valence-corrected chi connectivity index (χ0v) is 16.6. The first-order valence-electron chi connectivity index (χ1n) is 10.7. The summed E-state index contributed by atoms with van der Waals surface area (Å²) >= 11 is 0. The molecule has 0 radical (unpaired) electrons. The van der Waals surface area contributed by atoms with Gasteiger partial charge in [-0.1, -0.05) is 12.8 Å². The Morgan fingerprint density at radius 2 is 1.65 bits per heavy atom. The highest BCUT2D eigenvalue weighted by atomic mass is 16.6. The maximum absolute atomic E-state index is 13.5. The normalized spacial score (nSPS) is 36.8. The van der Waals surface area contributed by atoms with E-state index in [9.17, 15) is 9.59 Å². The Morgan fingerprint density at radius 3 is 2.27 bits per heavy atom. The number of amides is 2. The van der Waals surface area contributed by atoms with Crippen molar-refractivity contribution in [2.45, 2.75) is 102 Å². The van der Waals surface area contributed by atoms with E-state index in [0.29, 0.717) is 17.9 Å². The van der Waals surface area contributed by atoms with Crippen LogP contribution in [0.25, 0.3) is 0 Å². The first-order chi connectivity index (χ1) is 12.3. The van der Waals surface area contributed by atoms with Gasteiger partial charge in [-0.05, 0) is 77.6 Å². The summed E-state index contributed by atoms with van der Waals surface area (Å²) in [6.07, 6.45) is 9.88. The molecule has 5 aliphatic rings. The quantitative estimate of drug-likeness (QED) is 0.709. The highest BCUT2D eigenvalue weighted by molar-refractivity contribution is 5.87. The fraction of sp³-hybridized carbons (Fsp3) is 0.905. The largest absolute Gasteiger partial charge is 0.444 e. The van der Waals surface area contributed by atoms with Gasteiger partial charge in [0.15, 0.2) is 0 Å². The third-order valence-electron chi connectivity index (χ3n) is 6.97. The zero-order valence-electron chi connectivity index (χ0n) is 16.6. The van der Waals surface area contributed by atoms with Crippen LogP contribution < -0.4 is 0 Å². The zero-order chi connectivity index (χ0) is 18.5. The molecule has 0 unspecified atom stereocenters. The number of carbonyl (C=O) groups is 2. The van der Waals surface area contributed by atoms with Crippen molar-refractivity contribution >= 4 is 12.0 Å². The van der Waals surface area contributed by atoms with Crippen LogP contribution in [0, 0.1) is 11.8 Å². The molecule has 2 bridgehead atoms. The molecule has 2 saturated carbocycles. The van der Waals surface area contributed by atoms with Gasteiger partial charge < -0.3 is 9.64 Å². The number of ether oxygens (including phenoxy) is 1. The number of hydrogen-bond acceptors (Lipinski definition) is 3. The molecule has 0 N–H and O–H groups in total. The van der Waals surface area contributed by atoms with Crippen molar-refractivity contribution < 1.29 is 14.3 Å². The van der Waals surface area contributed by atoms with E-state index in [4.69, 9.17) is 4.74 Å². The molecule has 0 aromatic heterocycles. The summed E-state index contributed by atoms with van der Waals surface area (Å²) in [4.78, 5) is 30.5. The predicted molar refractivity (Wildman–Crippen MR) is 99.7 cm³/mol. The minimum absolute atomic E-state index is 0.189. The van der Waals surface area contributed by atoms with Gasteiger partial charge in [0.2, 0.25) is 5.91 Å². The molecule has 3 saturated heterocycles. The maximum atomic E-state index is 13.5. The topological polar surface area (TPSA) is 49.9 Å². The highest BCUT2D eigenvalue weighted by Gasteiger charge is 2.51. The van der Waals surface area contributed by atoms with Gasteiger partial charge in [-0.2, -0.15) is 0 Å². The Bertz CT molecular complexity index is 562. The fourth-order valence-electron chi connectivity index (χ4n) is 5.79. The van der Waals surface area contributed by atoms with E-state index >= 15 is 0 Å². The second-order valence-electron chi connectivity index (χ2n) is 9.92. The molecule has 3 aliphatic heterocycles. The SMILES string of the molecule is CC(C)(C)OC(=O)N1[C@@H](C(=O)N2CC3CCC2CC3)C[C@@H]2CCCC[C@@H]21. The Hall–Kier alpha value is -1.26. The lowest BCUT2D eigenvalue weighted by Gasteiger charge is -2.47. The summed E-state index contributed by atoms with van der Waals surface area (Å²) in [5.74, 6) is 1.33. The third-order valence-corrected chi connectivity index (χ3v) is 6.97. The molecule has 3 heterocycles. The standard InChI is InChI=1S/C21H34N2O3/c1-21(2,3)26-20(25)23-17-7-5-4-6-15(17)12-18(23)19(24)22-13-14-8-10-16(22)11-9-14/h14-18H,4-13H2,1-3H3/t14?,15-,16?,17-,18+/m0/s1. The smallest absolute Gasteiger partial charge is 0.411 e. The molecule has 5 fully saturated rings. The lowest BCUT2D eigenvalue weighted by atomic mass is 9.79. The van der Waals surface area contributed by atoms with Crippen molar-refractivity contribution in [3.8, 4) is 0 Å². The van der Waals surface area contributed by atoms with Gasteiger partial charge in [-0.3, -0.25) is 9.69 Å². The van der Waals surface area contributed by atoms with Crippen LogP contribution in [0.15, 0.2) is 0 Å². The molecule has 26 heavy (non-hydrogen) atoms. The van der Waals surface area contributed by atoms with Crippen LogP contribution in [0.3, 0.4) is 0 Å². The molecule has 0 aromatic rings. The average molecular weight is 363 g/mol. The first-order valence-corrected chi connectivity index (χ1v) is 10.7. The second-order valence-corrected chi connectivity index (χ2v) is 9.92. The summed E-state index contributed by atoms with van der Waals surface area (Å²) < 4.78 is 5.72. The molecule has 0 spiro atoms. The van der Waals surface area contributed by atoms with Gasteiger partial charge in [0.1, 0.15) is 11.6 Å². The molecule has 2 amide bonds. The molecule has 3 atom stereocenters. The maximum Gasteiger partial charge on any atom is 0.411 e. The van der Waals surface area contributed by atoms with Gasteiger partial charge in [-0.25, -0.2) is 4.79 Å². The number of nitrogens with zero attached hydrogens (tertiary/aromatic N) is 2. The Balaban J connectivity index is 1.56. The fourth-order valence-corrected chi connectivity index (χ4v) is 5.79. The molecule has 2 aliphatic carbocycles. The molecular formula is C21H34N2O3. The Labute approximate surface area is 157 Å². The van der Waals surface area contributed by atoms with E-state index in [0.717, 1.165) is 45.1 Å². The van der Waals surface area contributed by atoms with Crippen LogP contribution in [-0.4, -0.2) is 52.1 Å². The van der Waals surface area contributed by atoms with Gasteiger partial charge in [0.05, 0.1) is 0 Å². The second kappa shape index (κ2) is 6.72. The summed E-state index contributed by atoms with van der Waals surface area (Å²) in [6.45, 7) is 6.61. The number of fused-ring (bicyclic) bond motifs is 4. The number of rotatable bonds is 1. The van der Waals surface area contributed by atoms with E-state index in [2.05, 4.69) is 4.90 Å². The minimum atomic E-state index is -0.526. The van der Waals surface area contributed by atoms with Crippen molar-refractivity contribution in [3.05, 3.63) is 0 Å². The van der Waals surface area contributed by atoms with Gasteiger partial charge in [-0.15, -0.1) is 0 Å². The number of piperidine rings is 2. The first kappa shape index (κ1) is 18.1. The van der Waals surface area contributed by atoms with Gasteiger partial charge >= 0.3 is 6.09 Å². The van der Waals surface area contributed by atoms with Crippen LogP contribution in [-0.2, 0) is 9.53 Å². The molecule has 5 heteroatoms. The molecule has 0 aromatic carbocycles. The monoisotopic (exact) mass is 362 g/mol. The third kappa shape index (κ3) is 3.34. The lowest BCUT2D eigenvalue weighted by molar-refractivity contribution is -0.144. The molecular weight excluding hydrogens is 328 g/mol. The minimum Gasteiger partial charge on any atom is -0.444 e. The highest BCUT2D eigenvalue weighted by Crippen LogP contribution is 2.43. The van der Waals surface area contributed by atoms with Crippen molar-refractivity contribution in [2.24, 2.45) is 11.8 Å². The van der Waals surface area contributed by atoms with Crippen LogP contribution in [0.5, 0.6) is 0 Å². The summed E-state index contributed by atoms with van der Waals surface area (Å²) in [6, 6.07) is 0.280. The van der Waals surface area contributed by atoms with Crippen molar-refractivity contribution in [3.63, 3.8) is 0 Å². The van der Waals surface area contributed by atoms with E-state index in [1.807, 2.05) is 25.7 Å². The number of likely N-dealkylation sites (tertiary alicyclic amines) is 1. The van der Waals surface area contributed by atoms with E-state index in [1.165, 1.54) is 19.3 Å². The number of carbonyl (C=O) groups excluding carboxylic acids is 2. The van der Waals surface area contributed by atoms with Crippen LogP contribution >= 0.6 is 0 Å². The number of hydrogen-bond donors (Lipinski definition) is 0. The Morgan fingerprint density at radius 1 is 0.962 bits per heavy atom. The molecule has 146 valence electrons. The molecule has 5 nitrogen and oxygen atoms in total. The van der Waals surface area contributed by atoms with Gasteiger partial charge in [0.25, 0.3) is 0 Å². The van der Waals surface area contributed by atoms with Crippen LogP contribution in [0.2, 0.25) is 0 Å². The predicted octanol–water partition coefficient (Wildman–Crippen LogP) is 3.96. The summed E-state index contributed by atoms with van der Waals surface area (Å²) in [5, 5.41) is 0. The van der Waals surface area contributed by atoms with Gasteiger partial charge in [0, 0.05) is 18.6 Å². The lowest BCUT2D eigenvalue weighted by Crippen LogP contribution is -2.57. The van der Waals surface area contributed by atoms with E-state index < -0.39 is 5.60 Å². The van der Waals surface area contributed by atoms with Crippen molar-refractivity contribution in [1.29, 1.82) is 0 Å². The van der Waals surface area contributed by atoms with Crippen molar-refractivity contribution in [1.82, 2.24) is 9.80 Å². The summed E-state index contributed by atoms with van der Waals surface area (Å²) in [5.41, 5.74) is -0.526. The Kier molecular flexibility index (Phi) is 4.68. The summed E-state index contributed by atoms with van der Waals surface area (Å²) in [7, 11) is 0.